The van der Waals surface area contributed by atoms with Gasteiger partial charge in [-0.3, -0.25) is 9.36 Å². The van der Waals surface area contributed by atoms with Crippen molar-refractivity contribution in [1.29, 1.82) is 0 Å². The van der Waals surface area contributed by atoms with E-state index in [2.05, 4.69) is 9.97 Å². The molecule has 0 aromatic carbocycles. The number of rotatable bonds is 7. The monoisotopic (exact) mass is 280 g/mol. The van der Waals surface area contributed by atoms with Crippen molar-refractivity contribution in [1.82, 2.24) is 14.5 Å². The number of H-pyrrole nitrogens is 1. The average Bonchev–Trinajstić information content (AvgIpc) is 2.76. The Hall–Kier alpha value is -2.19. The Balaban J connectivity index is 2.16. The van der Waals surface area contributed by atoms with Crippen LogP contribution in [0.1, 0.15) is 12.1 Å². The van der Waals surface area contributed by atoms with Crippen LogP contribution in [0.15, 0.2) is 17.1 Å². The number of nitrogens with one attached hydrogen (secondary N) is 1. The molecule has 8 heteroatoms. The van der Waals surface area contributed by atoms with Crippen LogP contribution in [0.3, 0.4) is 0 Å². The molecule has 0 aliphatic rings. The minimum absolute atomic E-state index is 0.365. The van der Waals surface area contributed by atoms with Crippen LogP contribution in [0.25, 0.3) is 11.0 Å². The molecular formula is C12H16N4O4. The molecule has 108 valence electrons. The Bertz CT molecular complexity index is 661. The van der Waals surface area contributed by atoms with Gasteiger partial charge in [-0.1, -0.05) is 0 Å². The lowest BCUT2D eigenvalue weighted by Crippen LogP contribution is -2.25. The van der Waals surface area contributed by atoms with E-state index in [1.54, 1.807) is 6.07 Å². The van der Waals surface area contributed by atoms with Crippen molar-refractivity contribution in [2.75, 3.05) is 13.2 Å². The van der Waals surface area contributed by atoms with Crippen molar-refractivity contribution in [3.8, 4) is 0 Å². The van der Waals surface area contributed by atoms with Gasteiger partial charge in [-0.2, -0.15) is 4.98 Å². The van der Waals surface area contributed by atoms with E-state index in [1.807, 2.05) is 0 Å². The number of carboxylic acids is 1. The third-order valence-electron chi connectivity index (χ3n) is 2.69. The van der Waals surface area contributed by atoms with Crippen LogP contribution in [0.2, 0.25) is 0 Å². The lowest BCUT2D eigenvalue weighted by atomic mass is 10.3. The number of fused-ring (bicyclic) bond motifs is 1. The third kappa shape index (κ3) is 3.43. The Morgan fingerprint density at radius 2 is 2.35 bits per heavy atom. The molecule has 0 radical (unpaired) electrons. The van der Waals surface area contributed by atoms with E-state index in [4.69, 9.17) is 15.6 Å². The van der Waals surface area contributed by atoms with Crippen LogP contribution < -0.4 is 11.4 Å². The first-order valence-electron chi connectivity index (χ1n) is 6.19. The lowest BCUT2D eigenvalue weighted by molar-refractivity contribution is -0.137. The smallest absolute Gasteiger partial charge is 0.350 e. The highest BCUT2D eigenvalue weighted by atomic mass is 16.5. The molecule has 2 heterocycles. The van der Waals surface area contributed by atoms with Crippen LogP contribution in [0, 0.1) is 0 Å². The minimum atomic E-state index is -1.09. The van der Waals surface area contributed by atoms with Crippen molar-refractivity contribution in [3.05, 3.63) is 28.4 Å². The summed E-state index contributed by atoms with van der Waals surface area (Å²) in [5.41, 5.74) is 5.96. The Morgan fingerprint density at radius 1 is 1.55 bits per heavy atom. The predicted molar refractivity (Wildman–Crippen MR) is 71.3 cm³/mol. The average molecular weight is 280 g/mol. The van der Waals surface area contributed by atoms with Crippen molar-refractivity contribution in [2.24, 2.45) is 5.73 Å². The first kappa shape index (κ1) is 14.2. The molecule has 0 aliphatic carbocycles. The van der Waals surface area contributed by atoms with E-state index >= 15 is 0 Å². The summed E-state index contributed by atoms with van der Waals surface area (Å²) >= 11 is 0. The summed E-state index contributed by atoms with van der Waals surface area (Å²) in [7, 11) is 0. The molecule has 2 rings (SSSR count). The fourth-order valence-corrected chi connectivity index (χ4v) is 1.79. The zero-order chi connectivity index (χ0) is 14.5. The van der Waals surface area contributed by atoms with Gasteiger partial charge in [-0.05, 0) is 19.0 Å². The largest absolute Gasteiger partial charge is 0.480 e. The Labute approximate surface area is 114 Å². The summed E-state index contributed by atoms with van der Waals surface area (Å²) in [6, 6.07) is 1.78. The van der Waals surface area contributed by atoms with Crippen LogP contribution in [-0.4, -0.2) is 38.8 Å². The van der Waals surface area contributed by atoms with Gasteiger partial charge in [0.2, 0.25) is 0 Å². The van der Waals surface area contributed by atoms with Gasteiger partial charge in [0.25, 0.3) is 0 Å². The van der Waals surface area contributed by atoms with E-state index in [1.165, 1.54) is 6.20 Å². The van der Waals surface area contributed by atoms with E-state index in [0.717, 1.165) is 16.7 Å². The van der Waals surface area contributed by atoms with Gasteiger partial charge < -0.3 is 20.6 Å². The molecule has 0 bridgehead atoms. The summed E-state index contributed by atoms with van der Waals surface area (Å²) in [5.74, 6) is -1.09. The zero-order valence-electron chi connectivity index (χ0n) is 10.8. The van der Waals surface area contributed by atoms with Gasteiger partial charge in [-0.15, -0.1) is 0 Å². The molecular weight excluding hydrogens is 264 g/mol. The lowest BCUT2D eigenvalue weighted by Gasteiger charge is -2.00. The maximum atomic E-state index is 11.6. The number of carboxylic acid groups (broad SMARTS) is 1. The Kier molecular flexibility index (Phi) is 4.49. The fraction of sp³-hybridized carbons (Fsp3) is 0.417. The topological polar surface area (TPSA) is 123 Å². The second kappa shape index (κ2) is 6.31. The third-order valence-corrected chi connectivity index (χ3v) is 2.69. The molecule has 0 atom stereocenters. The summed E-state index contributed by atoms with van der Waals surface area (Å²) in [6.07, 6.45) is 2.25. The SMILES string of the molecule is NCCCOCc1cc2cn(CC(=O)O)c(=O)nc2[nH]1. The molecule has 0 amide bonds. The summed E-state index contributed by atoms with van der Waals surface area (Å²) in [4.78, 5) is 29.0. The van der Waals surface area contributed by atoms with Crippen LogP contribution in [0.5, 0.6) is 0 Å². The molecule has 0 fully saturated rings. The molecule has 2 aromatic rings. The molecule has 0 saturated heterocycles. The first-order chi connectivity index (χ1) is 9.60. The number of aromatic nitrogens is 3. The van der Waals surface area contributed by atoms with E-state index in [0.29, 0.717) is 30.8 Å². The minimum Gasteiger partial charge on any atom is -0.480 e. The fourth-order valence-electron chi connectivity index (χ4n) is 1.79. The molecule has 0 unspecified atom stereocenters. The number of ether oxygens (including phenoxy) is 1. The van der Waals surface area contributed by atoms with Gasteiger partial charge in [0.15, 0.2) is 0 Å². The standard InChI is InChI=1S/C12H16N4O4/c13-2-1-3-20-7-9-4-8-5-16(6-10(17)18)12(19)15-11(8)14-9/h4-5H,1-3,6-7,13H2,(H,17,18)(H,14,15,19). The molecule has 20 heavy (non-hydrogen) atoms. The highest BCUT2D eigenvalue weighted by molar-refractivity contribution is 5.75. The molecule has 8 nitrogen and oxygen atoms in total. The van der Waals surface area contributed by atoms with Crippen molar-refractivity contribution < 1.29 is 14.6 Å². The number of aliphatic carboxylic acids is 1. The Morgan fingerprint density at radius 3 is 3.05 bits per heavy atom. The van der Waals surface area contributed by atoms with E-state index in [-0.39, 0.29) is 0 Å². The van der Waals surface area contributed by atoms with Crippen molar-refractivity contribution in [2.45, 2.75) is 19.6 Å². The van der Waals surface area contributed by atoms with Crippen LogP contribution >= 0.6 is 0 Å². The second-order valence-electron chi connectivity index (χ2n) is 4.34. The maximum absolute atomic E-state index is 11.6. The van der Waals surface area contributed by atoms with Gasteiger partial charge >= 0.3 is 11.7 Å². The predicted octanol–water partition coefficient (Wildman–Crippen LogP) is -0.325. The second-order valence-corrected chi connectivity index (χ2v) is 4.34. The number of hydrogen-bond acceptors (Lipinski definition) is 5. The highest BCUT2D eigenvalue weighted by Gasteiger charge is 2.08. The summed E-state index contributed by atoms with van der Waals surface area (Å²) in [6.45, 7) is 1.09. The maximum Gasteiger partial charge on any atom is 0.350 e. The summed E-state index contributed by atoms with van der Waals surface area (Å²) < 4.78 is 6.45. The molecule has 0 aliphatic heterocycles. The van der Waals surface area contributed by atoms with Gasteiger partial charge in [-0.25, -0.2) is 4.79 Å². The molecule has 0 saturated carbocycles. The quantitative estimate of drug-likeness (QED) is 0.597. The van der Waals surface area contributed by atoms with Gasteiger partial charge in [0.1, 0.15) is 12.2 Å². The van der Waals surface area contributed by atoms with Crippen LogP contribution in [0.4, 0.5) is 0 Å². The van der Waals surface area contributed by atoms with Gasteiger partial charge in [0.05, 0.1) is 6.61 Å². The summed E-state index contributed by atoms with van der Waals surface area (Å²) in [5, 5.41) is 9.38. The zero-order valence-corrected chi connectivity index (χ0v) is 10.8. The van der Waals surface area contributed by atoms with E-state index < -0.39 is 18.2 Å². The number of aromatic amines is 1. The van der Waals surface area contributed by atoms with E-state index in [9.17, 15) is 9.59 Å². The van der Waals surface area contributed by atoms with Gasteiger partial charge in [0, 0.05) is 23.9 Å². The molecule has 4 N–H and O–H groups in total. The van der Waals surface area contributed by atoms with Crippen LogP contribution in [-0.2, 0) is 22.7 Å². The normalized spacial score (nSPS) is 11.1. The molecule has 2 aromatic heterocycles. The highest BCUT2D eigenvalue weighted by Crippen LogP contribution is 2.12. The van der Waals surface area contributed by atoms with Crippen molar-refractivity contribution >= 4 is 17.0 Å². The van der Waals surface area contributed by atoms with Crippen molar-refractivity contribution in [3.63, 3.8) is 0 Å². The number of hydrogen-bond donors (Lipinski definition) is 3. The number of nitrogens with two attached hydrogens (primary N) is 1. The number of nitrogens with zero attached hydrogens (tertiary/aromatic N) is 2. The number of carbonyl (C=O) groups is 1. The first-order valence-corrected chi connectivity index (χ1v) is 6.19. The molecule has 0 spiro atoms.